The van der Waals surface area contributed by atoms with Gasteiger partial charge in [-0.1, -0.05) is 13.8 Å². The number of carbonyl (C=O) groups excluding carboxylic acids is 2. The summed E-state index contributed by atoms with van der Waals surface area (Å²) >= 11 is 0. The molecule has 1 aliphatic rings. The van der Waals surface area contributed by atoms with E-state index in [4.69, 9.17) is 4.74 Å². The van der Waals surface area contributed by atoms with Crippen LogP contribution in [0, 0.1) is 11.7 Å². The van der Waals surface area contributed by atoms with E-state index in [1.165, 1.54) is 0 Å². The quantitative estimate of drug-likeness (QED) is 0.411. The molecule has 1 atom stereocenters. The van der Waals surface area contributed by atoms with Crippen LogP contribution in [0.5, 0.6) is 0 Å². The topological polar surface area (TPSA) is 46.6 Å². The van der Waals surface area contributed by atoms with Gasteiger partial charge in [-0.3, -0.25) is 4.79 Å². The molecule has 2 rings (SSSR count). The lowest BCUT2D eigenvalue weighted by molar-refractivity contribution is -0.148. The first-order chi connectivity index (χ1) is 12.6. The van der Waals surface area contributed by atoms with Crippen molar-refractivity contribution in [2.75, 3.05) is 13.2 Å². The first-order valence-electron chi connectivity index (χ1n) is 8.95. The van der Waals surface area contributed by atoms with Gasteiger partial charge in [0.15, 0.2) is 0 Å². The molecule has 150 valence electrons. The van der Waals surface area contributed by atoms with Crippen molar-refractivity contribution in [2.45, 2.75) is 51.7 Å². The van der Waals surface area contributed by atoms with Crippen molar-refractivity contribution < 1.29 is 31.9 Å². The number of nitrogens with zero attached hydrogens (tertiary/aromatic N) is 1. The van der Waals surface area contributed by atoms with E-state index < -0.39 is 41.0 Å². The first kappa shape index (κ1) is 21.2. The average molecular weight is 389 g/mol. The number of alkyl halides is 3. The zero-order chi connectivity index (χ0) is 20.2. The summed E-state index contributed by atoms with van der Waals surface area (Å²) in [5, 5.41) is 0. The summed E-state index contributed by atoms with van der Waals surface area (Å²) in [6, 6.07) is 0.817. The van der Waals surface area contributed by atoms with Crippen molar-refractivity contribution in [1.82, 2.24) is 4.90 Å². The number of esters is 1. The second-order valence-corrected chi connectivity index (χ2v) is 7.05. The van der Waals surface area contributed by atoms with Crippen molar-refractivity contribution in [2.24, 2.45) is 5.92 Å². The number of likely N-dealkylation sites (tertiary alicyclic amines) is 1. The highest BCUT2D eigenvalue weighted by Gasteiger charge is 2.40. The molecular weight excluding hydrogens is 366 g/mol. The molecule has 0 aliphatic carbocycles. The number of benzene rings is 1. The molecule has 1 aliphatic heterocycles. The molecule has 0 bridgehead atoms. The van der Waals surface area contributed by atoms with E-state index in [1.54, 1.807) is 0 Å². The van der Waals surface area contributed by atoms with E-state index in [0.29, 0.717) is 43.4 Å². The molecule has 0 spiro atoms. The summed E-state index contributed by atoms with van der Waals surface area (Å²) in [6.07, 6.45) is -2.48. The predicted molar refractivity (Wildman–Crippen MR) is 90.5 cm³/mol. The minimum absolute atomic E-state index is 0.123. The predicted octanol–water partition coefficient (Wildman–Crippen LogP) is 4.43. The molecular formula is C19H23F4NO3. The molecule has 0 radical (unpaired) electrons. The fourth-order valence-electron chi connectivity index (χ4n) is 3.11. The Bertz CT molecular complexity index is 688. The van der Waals surface area contributed by atoms with Crippen molar-refractivity contribution in [3.05, 3.63) is 35.1 Å². The summed E-state index contributed by atoms with van der Waals surface area (Å²) in [5.41, 5.74) is -2.01. The van der Waals surface area contributed by atoms with Crippen molar-refractivity contribution in [3.63, 3.8) is 0 Å². The molecule has 1 aromatic carbocycles. The number of ether oxygens (including phenoxy) is 1. The molecule has 0 N–H and O–H groups in total. The largest absolute Gasteiger partial charge is 0.464 e. The maximum atomic E-state index is 13.5. The number of carbonyl (C=O) groups is 2. The van der Waals surface area contributed by atoms with Gasteiger partial charge >= 0.3 is 12.1 Å². The fraction of sp³-hybridized carbons (Fsp3) is 0.579. The van der Waals surface area contributed by atoms with Gasteiger partial charge in [0.2, 0.25) is 0 Å². The highest BCUT2D eigenvalue weighted by molar-refractivity contribution is 5.98. The van der Waals surface area contributed by atoms with Crippen LogP contribution in [0.1, 0.15) is 55.5 Å². The average Bonchev–Trinajstić information content (AvgIpc) is 3.06. The van der Waals surface area contributed by atoms with Crippen LogP contribution in [0.25, 0.3) is 0 Å². The molecule has 1 unspecified atom stereocenters. The summed E-state index contributed by atoms with van der Waals surface area (Å²) in [7, 11) is 0. The molecule has 1 fully saturated rings. The van der Waals surface area contributed by atoms with Crippen LogP contribution >= 0.6 is 0 Å². The normalized spacial score (nSPS) is 17.4. The van der Waals surface area contributed by atoms with E-state index in [-0.39, 0.29) is 13.2 Å². The minimum Gasteiger partial charge on any atom is -0.464 e. The fourth-order valence-corrected chi connectivity index (χ4v) is 3.11. The number of hydrogen-bond donors (Lipinski definition) is 0. The van der Waals surface area contributed by atoms with Gasteiger partial charge in [0.1, 0.15) is 11.9 Å². The van der Waals surface area contributed by atoms with Crippen LogP contribution in [0.2, 0.25) is 0 Å². The van der Waals surface area contributed by atoms with Gasteiger partial charge in [-0.15, -0.1) is 0 Å². The molecule has 27 heavy (non-hydrogen) atoms. The maximum Gasteiger partial charge on any atom is 0.417 e. The second kappa shape index (κ2) is 8.71. The van der Waals surface area contributed by atoms with E-state index in [0.717, 1.165) is 11.3 Å². The Hall–Kier alpha value is -2.12. The van der Waals surface area contributed by atoms with Gasteiger partial charge in [-0.05, 0) is 49.8 Å². The van der Waals surface area contributed by atoms with Gasteiger partial charge < -0.3 is 9.64 Å². The number of amides is 1. The standard InChI is InChI=1S/C19H23F4NO3/c1-12(2)5-4-10-27-18(26)16-6-3-9-24(16)17(25)14-11-13(20)7-8-15(14)19(21,22)23/h7-8,11-12,16H,3-6,9-10H2,1-2H3. The Morgan fingerprint density at radius 1 is 1.30 bits per heavy atom. The Morgan fingerprint density at radius 2 is 2.00 bits per heavy atom. The van der Waals surface area contributed by atoms with Crippen LogP contribution in [0.15, 0.2) is 18.2 Å². The van der Waals surface area contributed by atoms with Crippen LogP contribution in [0.3, 0.4) is 0 Å². The van der Waals surface area contributed by atoms with Gasteiger partial charge in [0.05, 0.1) is 17.7 Å². The number of rotatable bonds is 6. The number of halogens is 4. The van der Waals surface area contributed by atoms with E-state index in [1.807, 2.05) is 13.8 Å². The van der Waals surface area contributed by atoms with Gasteiger partial charge in [-0.2, -0.15) is 13.2 Å². The highest BCUT2D eigenvalue weighted by atomic mass is 19.4. The molecule has 1 aromatic rings. The van der Waals surface area contributed by atoms with E-state index >= 15 is 0 Å². The molecule has 1 heterocycles. The van der Waals surface area contributed by atoms with Gasteiger partial charge in [0.25, 0.3) is 5.91 Å². The maximum absolute atomic E-state index is 13.5. The van der Waals surface area contributed by atoms with Gasteiger partial charge in [-0.25, -0.2) is 9.18 Å². The zero-order valence-electron chi connectivity index (χ0n) is 15.3. The third-order valence-electron chi connectivity index (χ3n) is 4.47. The Labute approximate surface area is 155 Å². The molecule has 4 nitrogen and oxygen atoms in total. The van der Waals surface area contributed by atoms with Crippen molar-refractivity contribution in [3.8, 4) is 0 Å². The van der Waals surface area contributed by atoms with Crippen LogP contribution in [-0.4, -0.2) is 36.0 Å². The molecule has 8 heteroatoms. The van der Waals surface area contributed by atoms with Crippen LogP contribution in [-0.2, 0) is 15.7 Å². The minimum atomic E-state index is -4.80. The summed E-state index contributed by atoms with van der Waals surface area (Å²) in [6.45, 7) is 4.40. The van der Waals surface area contributed by atoms with Crippen LogP contribution in [0.4, 0.5) is 17.6 Å². The first-order valence-corrected chi connectivity index (χ1v) is 8.95. The lowest BCUT2D eigenvalue weighted by Crippen LogP contribution is -2.42. The van der Waals surface area contributed by atoms with Crippen LogP contribution < -0.4 is 0 Å². The summed E-state index contributed by atoms with van der Waals surface area (Å²) in [5.74, 6) is -2.13. The smallest absolute Gasteiger partial charge is 0.417 e. The molecule has 0 saturated carbocycles. The monoisotopic (exact) mass is 389 g/mol. The SMILES string of the molecule is CC(C)CCCOC(=O)C1CCCN1C(=O)c1cc(F)ccc1C(F)(F)F. The molecule has 1 amide bonds. The Kier molecular flexibility index (Phi) is 6.84. The van der Waals surface area contributed by atoms with E-state index in [9.17, 15) is 27.2 Å². The Morgan fingerprint density at radius 3 is 2.63 bits per heavy atom. The molecule has 0 aromatic heterocycles. The third kappa shape index (κ3) is 5.43. The van der Waals surface area contributed by atoms with E-state index in [2.05, 4.69) is 0 Å². The van der Waals surface area contributed by atoms with Gasteiger partial charge in [0, 0.05) is 6.54 Å². The highest BCUT2D eigenvalue weighted by Crippen LogP contribution is 2.34. The lowest BCUT2D eigenvalue weighted by Gasteiger charge is -2.25. The molecule has 1 saturated heterocycles. The summed E-state index contributed by atoms with van der Waals surface area (Å²) in [4.78, 5) is 26.0. The third-order valence-corrected chi connectivity index (χ3v) is 4.47. The van der Waals surface area contributed by atoms with Crippen molar-refractivity contribution in [1.29, 1.82) is 0 Å². The van der Waals surface area contributed by atoms with Crippen molar-refractivity contribution >= 4 is 11.9 Å². The second-order valence-electron chi connectivity index (χ2n) is 7.05. The zero-order valence-corrected chi connectivity index (χ0v) is 15.3. The lowest BCUT2D eigenvalue weighted by atomic mass is 10.0. The number of hydrogen-bond acceptors (Lipinski definition) is 3. The Balaban J connectivity index is 2.14. The summed E-state index contributed by atoms with van der Waals surface area (Å²) < 4.78 is 58.2.